The van der Waals surface area contributed by atoms with Gasteiger partial charge in [0.05, 0.1) is 13.7 Å². The summed E-state index contributed by atoms with van der Waals surface area (Å²) in [5.41, 5.74) is 0.254. The quantitative estimate of drug-likeness (QED) is 0.602. The van der Waals surface area contributed by atoms with E-state index in [9.17, 15) is 14.4 Å². The van der Waals surface area contributed by atoms with Crippen molar-refractivity contribution in [3.8, 4) is 5.75 Å². The number of hydrogen-bond acceptors (Lipinski definition) is 6. The van der Waals surface area contributed by atoms with Gasteiger partial charge in [0.15, 0.2) is 11.8 Å². The zero-order valence-electron chi connectivity index (χ0n) is 16.5. The first-order valence-corrected chi connectivity index (χ1v) is 9.26. The maximum Gasteiger partial charge on any atom is 0.315 e. The number of pyridine rings is 1. The van der Waals surface area contributed by atoms with E-state index in [0.717, 1.165) is 5.56 Å². The average molecular weight is 408 g/mol. The van der Waals surface area contributed by atoms with Crippen LogP contribution in [-0.2, 0) is 16.9 Å². The highest BCUT2D eigenvalue weighted by Gasteiger charge is 2.42. The van der Waals surface area contributed by atoms with Gasteiger partial charge in [-0.25, -0.2) is 4.79 Å². The van der Waals surface area contributed by atoms with Crippen LogP contribution in [0, 0.1) is 0 Å². The number of aromatic nitrogens is 1. The van der Waals surface area contributed by atoms with Gasteiger partial charge in [0.25, 0.3) is 5.91 Å². The number of nitrogens with one attached hydrogen (secondary N) is 2. The van der Waals surface area contributed by atoms with Crippen LogP contribution < -0.4 is 15.4 Å². The number of fused-ring (bicyclic) bond motifs is 2. The van der Waals surface area contributed by atoms with Gasteiger partial charge in [0.1, 0.15) is 17.1 Å². The van der Waals surface area contributed by atoms with Gasteiger partial charge in [0, 0.05) is 36.9 Å². The zero-order chi connectivity index (χ0) is 21.3. The van der Waals surface area contributed by atoms with Crippen LogP contribution in [0.25, 0.3) is 11.0 Å². The molecule has 0 saturated carbocycles. The second-order valence-electron chi connectivity index (χ2n) is 7.00. The maximum absolute atomic E-state index is 13.0. The molecule has 2 N–H and O–H groups in total. The van der Waals surface area contributed by atoms with Gasteiger partial charge in [-0.3, -0.25) is 9.78 Å². The van der Waals surface area contributed by atoms with Crippen LogP contribution in [-0.4, -0.2) is 48.8 Å². The van der Waals surface area contributed by atoms with Crippen molar-refractivity contribution in [2.45, 2.75) is 12.1 Å². The molecule has 2 aromatic heterocycles. The molecule has 3 heterocycles. The fraction of sp³-hybridized carbons (Fsp3) is 0.238. The fourth-order valence-electron chi connectivity index (χ4n) is 3.57. The molecule has 0 spiro atoms. The Morgan fingerprint density at radius 3 is 2.90 bits per heavy atom. The molecule has 1 aliphatic heterocycles. The Kier molecular flexibility index (Phi) is 4.86. The summed E-state index contributed by atoms with van der Waals surface area (Å²) in [7, 11) is 2.97. The van der Waals surface area contributed by atoms with Gasteiger partial charge >= 0.3 is 6.03 Å². The molecule has 0 fully saturated rings. The minimum Gasteiger partial charge on any atom is -0.497 e. The summed E-state index contributed by atoms with van der Waals surface area (Å²) in [6.45, 7) is 0.192. The molecule has 3 amide bonds. The van der Waals surface area contributed by atoms with E-state index in [-0.39, 0.29) is 18.2 Å². The molecule has 1 aliphatic rings. The number of amides is 3. The first kappa shape index (κ1) is 19.4. The fourth-order valence-corrected chi connectivity index (χ4v) is 3.57. The summed E-state index contributed by atoms with van der Waals surface area (Å²) >= 11 is 0. The number of carbonyl (C=O) groups excluding carboxylic acids is 3. The molecule has 0 radical (unpaired) electrons. The molecule has 3 aromatic rings. The monoisotopic (exact) mass is 408 g/mol. The molecule has 0 unspecified atom stereocenters. The molecule has 9 nitrogen and oxygen atoms in total. The zero-order valence-corrected chi connectivity index (χ0v) is 16.5. The molecular weight excluding hydrogens is 388 g/mol. The van der Waals surface area contributed by atoms with E-state index in [0.29, 0.717) is 35.1 Å². The lowest BCUT2D eigenvalue weighted by molar-refractivity contribution is -0.114. The van der Waals surface area contributed by atoms with Crippen molar-refractivity contribution in [3.05, 3.63) is 59.6 Å². The van der Waals surface area contributed by atoms with E-state index < -0.39 is 11.6 Å². The van der Waals surface area contributed by atoms with Crippen LogP contribution in [0.1, 0.15) is 21.7 Å². The number of nitrogens with zero attached hydrogens (tertiary/aromatic N) is 2. The minimum absolute atomic E-state index is 0.104. The number of hydrogen-bond donors (Lipinski definition) is 2. The SMILES string of the molecule is CNC(=O)N[C@@](C=O)(CN1Cc2ccc(OC)cc2C1=O)c1cc2cnccc2o1. The first-order chi connectivity index (χ1) is 14.5. The third kappa shape index (κ3) is 3.24. The number of ether oxygens (including phenoxy) is 1. The summed E-state index contributed by atoms with van der Waals surface area (Å²) in [5, 5.41) is 5.78. The summed E-state index contributed by atoms with van der Waals surface area (Å²) in [6, 6.07) is 7.98. The lowest BCUT2D eigenvalue weighted by Gasteiger charge is -2.31. The van der Waals surface area contributed by atoms with Gasteiger partial charge in [-0.05, 0) is 29.8 Å². The number of benzene rings is 1. The van der Waals surface area contributed by atoms with E-state index in [1.807, 2.05) is 6.07 Å². The lowest BCUT2D eigenvalue weighted by Crippen LogP contribution is -2.56. The van der Waals surface area contributed by atoms with E-state index in [1.54, 1.807) is 36.7 Å². The van der Waals surface area contributed by atoms with E-state index >= 15 is 0 Å². The van der Waals surface area contributed by atoms with Gasteiger partial charge in [-0.2, -0.15) is 0 Å². The maximum atomic E-state index is 13.0. The van der Waals surface area contributed by atoms with Crippen LogP contribution in [0.4, 0.5) is 4.79 Å². The Labute approximate surface area is 172 Å². The summed E-state index contributed by atoms with van der Waals surface area (Å²) in [6.07, 6.45) is 3.75. The predicted molar refractivity (Wildman–Crippen MR) is 107 cm³/mol. The van der Waals surface area contributed by atoms with Crippen molar-refractivity contribution >= 4 is 29.2 Å². The lowest BCUT2D eigenvalue weighted by atomic mass is 9.97. The second kappa shape index (κ2) is 7.51. The highest BCUT2D eigenvalue weighted by Crippen LogP contribution is 2.32. The smallest absolute Gasteiger partial charge is 0.315 e. The molecule has 1 atom stereocenters. The van der Waals surface area contributed by atoms with Gasteiger partial charge in [-0.15, -0.1) is 0 Å². The van der Waals surface area contributed by atoms with Crippen LogP contribution in [0.15, 0.2) is 47.1 Å². The average Bonchev–Trinajstić information content (AvgIpc) is 3.34. The Bertz CT molecular complexity index is 1110. The van der Waals surface area contributed by atoms with Crippen molar-refractivity contribution in [2.24, 2.45) is 0 Å². The third-order valence-corrected chi connectivity index (χ3v) is 5.16. The Morgan fingerprint density at radius 2 is 2.20 bits per heavy atom. The number of carbonyl (C=O) groups is 3. The standard InChI is InChI=1S/C21H20N4O5/c1-22-20(28)24-21(12-26,18-7-14-9-23-6-5-17(14)30-18)11-25-10-13-3-4-15(29-2)8-16(13)19(25)27/h3-9,12H,10-11H2,1-2H3,(H2,22,24,28)/t21-/m1/s1. The molecule has 4 rings (SSSR count). The number of aldehydes is 1. The normalized spacial score (nSPS) is 14.9. The second-order valence-corrected chi connectivity index (χ2v) is 7.00. The topological polar surface area (TPSA) is 114 Å². The van der Waals surface area contributed by atoms with Crippen molar-refractivity contribution in [3.63, 3.8) is 0 Å². The highest BCUT2D eigenvalue weighted by atomic mass is 16.5. The van der Waals surface area contributed by atoms with Crippen molar-refractivity contribution < 1.29 is 23.5 Å². The van der Waals surface area contributed by atoms with Crippen molar-refractivity contribution in [2.75, 3.05) is 20.7 Å². The van der Waals surface area contributed by atoms with E-state index in [2.05, 4.69) is 15.6 Å². The van der Waals surface area contributed by atoms with Gasteiger partial charge in [0.2, 0.25) is 0 Å². The summed E-state index contributed by atoms with van der Waals surface area (Å²) < 4.78 is 11.1. The highest BCUT2D eigenvalue weighted by molar-refractivity contribution is 5.99. The predicted octanol–water partition coefficient (Wildman–Crippen LogP) is 1.82. The molecular formula is C21H20N4O5. The largest absolute Gasteiger partial charge is 0.497 e. The molecule has 9 heteroatoms. The van der Waals surface area contributed by atoms with Crippen LogP contribution in [0.2, 0.25) is 0 Å². The molecule has 154 valence electrons. The van der Waals surface area contributed by atoms with Gasteiger partial charge < -0.3 is 29.5 Å². The third-order valence-electron chi connectivity index (χ3n) is 5.16. The van der Waals surface area contributed by atoms with Crippen molar-refractivity contribution in [1.29, 1.82) is 0 Å². The van der Waals surface area contributed by atoms with Gasteiger partial charge in [-0.1, -0.05) is 6.07 Å². The molecule has 1 aromatic carbocycles. The Balaban J connectivity index is 1.72. The van der Waals surface area contributed by atoms with Crippen LogP contribution in [0.5, 0.6) is 5.75 Å². The number of urea groups is 1. The van der Waals surface area contributed by atoms with Crippen LogP contribution >= 0.6 is 0 Å². The molecule has 30 heavy (non-hydrogen) atoms. The molecule has 0 aliphatic carbocycles. The summed E-state index contributed by atoms with van der Waals surface area (Å²) in [5.74, 6) is 0.524. The Hall–Kier alpha value is -3.88. The van der Waals surface area contributed by atoms with Crippen LogP contribution in [0.3, 0.4) is 0 Å². The first-order valence-electron chi connectivity index (χ1n) is 9.26. The van der Waals surface area contributed by atoms with Crippen molar-refractivity contribution in [1.82, 2.24) is 20.5 Å². The van der Waals surface area contributed by atoms with E-state index in [1.165, 1.54) is 19.1 Å². The molecule has 0 bridgehead atoms. The number of rotatable bonds is 6. The Morgan fingerprint density at radius 1 is 1.37 bits per heavy atom. The number of furan rings is 1. The van der Waals surface area contributed by atoms with E-state index in [4.69, 9.17) is 9.15 Å². The number of methoxy groups -OCH3 is 1. The summed E-state index contributed by atoms with van der Waals surface area (Å²) in [4.78, 5) is 43.1. The minimum atomic E-state index is -1.58. The molecule has 0 saturated heterocycles.